The van der Waals surface area contributed by atoms with Crippen molar-refractivity contribution in [3.63, 3.8) is 0 Å². The molecule has 0 radical (unpaired) electrons. The summed E-state index contributed by atoms with van der Waals surface area (Å²) >= 11 is 0. The molecule has 3 rings (SSSR count). The quantitative estimate of drug-likeness (QED) is 0.285. The normalized spacial score (nSPS) is 11.5. The van der Waals surface area contributed by atoms with Gasteiger partial charge in [-0.2, -0.15) is 0 Å². The summed E-state index contributed by atoms with van der Waals surface area (Å²) in [4.78, 5) is 28.5. The molecule has 0 atom stereocenters. The number of Topliss-reactive ketones (excluding diaryl/α,β-unsaturated/α-hetero) is 1. The van der Waals surface area contributed by atoms with E-state index in [-0.39, 0.29) is 24.4 Å². The maximum absolute atomic E-state index is 12.0. The molecule has 132 valence electrons. The predicted molar refractivity (Wildman–Crippen MR) is 99.4 cm³/mol. The van der Waals surface area contributed by atoms with E-state index in [2.05, 4.69) is 4.98 Å². The molecular weight excluding hydrogens is 330 g/mol. The second-order valence-electron chi connectivity index (χ2n) is 5.66. The predicted octanol–water partition coefficient (Wildman–Crippen LogP) is 4.42. The monoisotopic (exact) mass is 349 g/mol. The number of hydrogen-bond acceptors (Lipinski definition) is 5. The Labute approximate surface area is 151 Å². The number of fused-ring (bicyclic) bond motifs is 1. The summed E-state index contributed by atoms with van der Waals surface area (Å²) in [5, 5.41) is 0. The van der Waals surface area contributed by atoms with Crippen LogP contribution in [0.15, 0.2) is 58.5 Å². The lowest BCUT2D eigenvalue weighted by atomic mass is 10.0. The van der Waals surface area contributed by atoms with Gasteiger partial charge in [0.25, 0.3) is 0 Å². The lowest BCUT2D eigenvalue weighted by Gasteiger charge is -2.05. The Balaban J connectivity index is 1.90. The molecule has 0 aliphatic carbocycles. The van der Waals surface area contributed by atoms with E-state index in [0.29, 0.717) is 5.89 Å². The van der Waals surface area contributed by atoms with Crippen molar-refractivity contribution in [3.05, 3.63) is 59.7 Å². The summed E-state index contributed by atoms with van der Waals surface area (Å²) in [6.07, 6.45) is 1.80. The molecule has 1 aromatic heterocycles. The van der Waals surface area contributed by atoms with Crippen LogP contribution in [0.1, 0.15) is 25.8 Å². The molecule has 0 N–H and O–H groups in total. The number of ketones is 1. The van der Waals surface area contributed by atoms with Gasteiger partial charge in [0.1, 0.15) is 11.1 Å². The summed E-state index contributed by atoms with van der Waals surface area (Å²) in [6, 6.07) is 14.9. The third kappa shape index (κ3) is 3.72. The van der Waals surface area contributed by atoms with Gasteiger partial charge in [0, 0.05) is 12.0 Å². The number of aromatic nitrogens is 1. The van der Waals surface area contributed by atoms with Gasteiger partial charge in [-0.3, -0.25) is 4.79 Å². The van der Waals surface area contributed by atoms with Crippen molar-refractivity contribution < 1.29 is 18.7 Å². The van der Waals surface area contributed by atoms with Gasteiger partial charge in [0.2, 0.25) is 5.89 Å². The Kier molecular flexibility index (Phi) is 5.27. The molecule has 3 aromatic rings. The first-order chi connectivity index (χ1) is 12.6. The Morgan fingerprint density at radius 1 is 1.08 bits per heavy atom. The minimum absolute atomic E-state index is 0.0592. The largest absolute Gasteiger partial charge is 0.462 e. The molecule has 0 fully saturated rings. The van der Waals surface area contributed by atoms with Gasteiger partial charge in [-0.05, 0) is 42.8 Å². The molecule has 0 aliphatic rings. The fourth-order valence-electron chi connectivity index (χ4n) is 2.54. The molecule has 5 heteroatoms. The van der Waals surface area contributed by atoms with Crippen LogP contribution in [-0.2, 0) is 14.3 Å². The number of benzene rings is 2. The molecule has 0 aliphatic heterocycles. The van der Waals surface area contributed by atoms with Crippen LogP contribution in [0.5, 0.6) is 0 Å². The zero-order valence-corrected chi connectivity index (χ0v) is 14.7. The summed E-state index contributed by atoms with van der Waals surface area (Å²) in [6.45, 7) is 3.65. The van der Waals surface area contributed by atoms with E-state index >= 15 is 0 Å². The average Bonchev–Trinajstić information content (AvgIpc) is 3.10. The smallest absolute Gasteiger partial charge is 0.341 e. The zero-order valence-electron chi connectivity index (χ0n) is 14.7. The van der Waals surface area contributed by atoms with Crippen molar-refractivity contribution in [1.82, 2.24) is 4.98 Å². The van der Waals surface area contributed by atoms with Crippen molar-refractivity contribution in [3.8, 4) is 11.5 Å². The molecule has 1 heterocycles. The Morgan fingerprint density at radius 3 is 2.46 bits per heavy atom. The molecule has 0 bridgehead atoms. The van der Waals surface area contributed by atoms with E-state index in [1.165, 1.54) is 0 Å². The third-order valence-corrected chi connectivity index (χ3v) is 3.88. The fraction of sp³-hybridized carbons (Fsp3) is 0.190. The fourth-order valence-corrected chi connectivity index (χ4v) is 2.54. The number of nitrogens with zero attached hydrogens (tertiary/aromatic N) is 1. The van der Waals surface area contributed by atoms with Crippen LogP contribution >= 0.6 is 0 Å². The van der Waals surface area contributed by atoms with Crippen molar-refractivity contribution in [2.24, 2.45) is 0 Å². The summed E-state index contributed by atoms with van der Waals surface area (Å²) in [7, 11) is 0. The molecule has 26 heavy (non-hydrogen) atoms. The van der Waals surface area contributed by atoms with Crippen molar-refractivity contribution in [2.75, 3.05) is 6.61 Å². The van der Waals surface area contributed by atoms with E-state index in [1.807, 2.05) is 48.5 Å². The summed E-state index contributed by atoms with van der Waals surface area (Å²) < 4.78 is 10.7. The number of rotatable bonds is 6. The standard InChI is InChI=1S/C21H19NO4/c1-3-18(23)16(21(24)25-4-2)13-14-9-11-15(12-10-14)20-22-17-7-5-6-8-19(17)26-20/h5-13H,3-4H2,1-2H3/b16-13+. The third-order valence-electron chi connectivity index (χ3n) is 3.88. The molecule has 2 aromatic carbocycles. The summed E-state index contributed by atoms with van der Waals surface area (Å²) in [5.74, 6) is -0.314. The first-order valence-electron chi connectivity index (χ1n) is 8.50. The van der Waals surface area contributed by atoms with Crippen molar-refractivity contribution in [1.29, 1.82) is 0 Å². The zero-order chi connectivity index (χ0) is 18.5. The lowest BCUT2D eigenvalue weighted by Crippen LogP contribution is -2.15. The second kappa shape index (κ2) is 7.78. The van der Waals surface area contributed by atoms with Gasteiger partial charge in [0.15, 0.2) is 11.4 Å². The highest BCUT2D eigenvalue weighted by Gasteiger charge is 2.18. The number of carbonyl (C=O) groups excluding carboxylic acids is 2. The minimum atomic E-state index is -0.595. The van der Waals surface area contributed by atoms with Gasteiger partial charge >= 0.3 is 5.97 Å². The number of carbonyl (C=O) groups is 2. The highest BCUT2D eigenvalue weighted by atomic mass is 16.5. The van der Waals surface area contributed by atoms with Gasteiger partial charge < -0.3 is 9.15 Å². The van der Waals surface area contributed by atoms with E-state index in [1.54, 1.807) is 19.9 Å². The van der Waals surface area contributed by atoms with Gasteiger partial charge in [0.05, 0.1) is 6.61 Å². The number of oxazole rings is 1. The van der Waals surface area contributed by atoms with Crippen LogP contribution in [0.3, 0.4) is 0 Å². The highest BCUT2D eigenvalue weighted by molar-refractivity contribution is 6.20. The van der Waals surface area contributed by atoms with Crippen LogP contribution in [0, 0.1) is 0 Å². The number of ether oxygens (including phenoxy) is 1. The SMILES string of the molecule is CCOC(=O)/C(=C/c1ccc(-c2nc3ccccc3o2)cc1)C(=O)CC. The van der Waals surface area contributed by atoms with E-state index in [9.17, 15) is 9.59 Å². The van der Waals surface area contributed by atoms with E-state index in [4.69, 9.17) is 9.15 Å². The van der Waals surface area contributed by atoms with Gasteiger partial charge in [-0.15, -0.1) is 0 Å². The van der Waals surface area contributed by atoms with Gasteiger partial charge in [-0.25, -0.2) is 9.78 Å². The Morgan fingerprint density at radius 2 is 1.81 bits per heavy atom. The lowest BCUT2D eigenvalue weighted by molar-refractivity contribution is -0.139. The summed E-state index contributed by atoms with van der Waals surface area (Å²) in [5.41, 5.74) is 3.13. The van der Waals surface area contributed by atoms with Crippen LogP contribution < -0.4 is 0 Å². The molecule has 0 amide bonds. The van der Waals surface area contributed by atoms with E-state index in [0.717, 1.165) is 22.2 Å². The average molecular weight is 349 g/mol. The second-order valence-corrected chi connectivity index (χ2v) is 5.66. The van der Waals surface area contributed by atoms with Crippen molar-refractivity contribution >= 4 is 28.9 Å². The Hall–Kier alpha value is -3.21. The topological polar surface area (TPSA) is 69.4 Å². The molecule has 5 nitrogen and oxygen atoms in total. The molecule has 0 unspecified atom stereocenters. The molecule has 0 saturated heterocycles. The number of esters is 1. The highest BCUT2D eigenvalue weighted by Crippen LogP contribution is 2.24. The van der Waals surface area contributed by atoms with Crippen LogP contribution in [0.25, 0.3) is 28.6 Å². The van der Waals surface area contributed by atoms with Gasteiger partial charge in [-0.1, -0.05) is 31.2 Å². The first kappa shape index (κ1) is 17.6. The maximum Gasteiger partial charge on any atom is 0.341 e. The molecule has 0 saturated carbocycles. The maximum atomic E-state index is 12.0. The minimum Gasteiger partial charge on any atom is -0.462 e. The van der Waals surface area contributed by atoms with Crippen molar-refractivity contribution in [2.45, 2.75) is 20.3 Å². The van der Waals surface area contributed by atoms with Crippen LogP contribution in [0.4, 0.5) is 0 Å². The molecular formula is C21H19NO4. The van der Waals surface area contributed by atoms with Crippen LogP contribution in [0.2, 0.25) is 0 Å². The first-order valence-corrected chi connectivity index (χ1v) is 8.50. The number of hydrogen-bond donors (Lipinski definition) is 0. The number of para-hydroxylation sites is 2. The van der Waals surface area contributed by atoms with E-state index < -0.39 is 5.97 Å². The molecule has 0 spiro atoms. The Bertz CT molecular complexity index is 934. The van der Waals surface area contributed by atoms with Crippen LogP contribution in [-0.4, -0.2) is 23.3 Å².